The van der Waals surface area contributed by atoms with Crippen molar-refractivity contribution in [3.05, 3.63) is 0 Å². The molecule has 1 N–H and O–H groups in total. The summed E-state index contributed by atoms with van der Waals surface area (Å²) in [5, 5.41) is 2.58. The van der Waals surface area contributed by atoms with Gasteiger partial charge in [-0.05, 0) is 0 Å². The van der Waals surface area contributed by atoms with E-state index in [1.807, 2.05) is 0 Å². The minimum atomic E-state index is -1.34. The van der Waals surface area contributed by atoms with Crippen LogP contribution in [0.15, 0.2) is 0 Å². The van der Waals surface area contributed by atoms with Crippen LogP contribution in [0.3, 0.4) is 0 Å². The van der Waals surface area contributed by atoms with Crippen LogP contribution in [0.1, 0.15) is 27.7 Å². The molecular weight excluding hydrogens is 338 g/mol. The Morgan fingerprint density at radius 2 is 1.68 bits per heavy atom. The lowest BCUT2D eigenvalue weighted by Gasteiger charge is -2.45. The molecule has 2 aliphatic heterocycles. The minimum Gasteiger partial charge on any atom is -0.463 e. The zero-order chi connectivity index (χ0) is 18.8. The average Bonchev–Trinajstić information content (AvgIpc) is 2.87. The molecule has 2 heterocycles. The molecule has 2 bridgehead atoms. The maximum Gasteiger partial charge on any atom is 0.303 e. The first-order chi connectivity index (χ1) is 11.6. The fraction of sp³-hybridized carbons (Fsp3) is 0.733. The van der Waals surface area contributed by atoms with Gasteiger partial charge in [-0.15, -0.1) is 0 Å². The molecule has 0 aromatic carbocycles. The molecule has 10 heteroatoms. The van der Waals surface area contributed by atoms with Crippen LogP contribution >= 0.6 is 0 Å². The topological polar surface area (TPSA) is 126 Å². The summed E-state index contributed by atoms with van der Waals surface area (Å²) in [6, 6.07) is -0.890. The zero-order valence-corrected chi connectivity index (χ0v) is 14.4. The first-order valence-electron chi connectivity index (χ1n) is 7.69. The summed E-state index contributed by atoms with van der Waals surface area (Å²) in [5.41, 5.74) is -1.34. The van der Waals surface area contributed by atoms with Crippen molar-refractivity contribution in [2.45, 2.75) is 57.8 Å². The molecule has 2 saturated heterocycles. The summed E-state index contributed by atoms with van der Waals surface area (Å²) >= 11 is 0. The Bertz CT molecular complexity index is 577. The molecule has 1 amide bonds. The molecule has 2 aliphatic rings. The number of fused-ring (bicyclic) bond motifs is 2. The fourth-order valence-corrected chi connectivity index (χ4v) is 2.94. The normalized spacial score (nSPS) is 33.3. The van der Waals surface area contributed by atoms with Crippen LogP contribution in [0.25, 0.3) is 0 Å². The van der Waals surface area contributed by atoms with E-state index in [1.165, 1.54) is 27.7 Å². The van der Waals surface area contributed by atoms with E-state index in [4.69, 9.17) is 23.7 Å². The van der Waals surface area contributed by atoms with Gasteiger partial charge in [0.1, 0.15) is 12.6 Å². The van der Waals surface area contributed by atoms with Gasteiger partial charge in [0.05, 0.1) is 6.61 Å². The third-order valence-electron chi connectivity index (χ3n) is 3.79. The first-order valence-corrected chi connectivity index (χ1v) is 7.69. The van der Waals surface area contributed by atoms with Crippen molar-refractivity contribution in [2.24, 2.45) is 0 Å². The maximum atomic E-state index is 11.6. The zero-order valence-electron chi connectivity index (χ0n) is 14.4. The monoisotopic (exact) mass is 359 g/mol. The first kappa shape index (κ1) is 19.1. The molecule has 10 nitrogen and oxygen atoms in total. The van der Waals surface area contributed by atoms with E-state index in [9.17, 15) is 19.2 Å². The van der Waals surface area contributed by atoms with Crippen molar-refractivity contribution in [1.29, 1.82) is 0 Å². The summed E-state index contributed by atoms with van der Waals surface area (Å²) in [6.45, 7) is 4.53. The van der Waals surface area contributed by atoms with E-state index in [0.717, 1.165) is 0 Å². The van der Waals surface area contributed by atoms with Gasteiger partial charge in [0.25, 0.3) is 0 Å². The molecular formula is C15H21NO9. The lowest BCUT2D eigenvalue weighted by Crippen LogP contribution is -2.68. The largest absolute Gasteiger partial charge is 0.463 e. The smallest absolute Gasteiger partial charge is 0.303 e. The number of nitrogens with one attached hydrogen (secondary N) is 1. The Morgan fingerprint density at radius 3 is 2.20 bits per heavy atom. The number of amides is 1. The number of hydrogen-bond donors (Lipinski definition) is 1. The molecule has 140 valence electrons. The summed E-state index contributed by atoms with van der Waals surface area (Å²) in [6.07, 6.45) is -3.15. The van der Waals surface area contributed by atoms with E-state index >= 15 is 0 Å². The molecule has 0 aromatic heterocycles. The number of carbonyl (C=O) groups excluding carboxylic acids is 4. The van der Waals surface area contributed by atoms with Gasteiger partial charge in [-0.2, -0.15) is 0 Å². The number of ether oxygens (including phenoxy) is 5. The Balaban J connectivity index is 2.38. The second-order valence-electron chi connectivity index (χ2n) is 5.97. The Morgan fingerprint density at radius 1 is 1.04 bits per heavy atom. The molecule has 0 aliphatic carbocycles. The van der Waals surface area contributed by atoms with Crippen molar-refractivity contribution < 1.29 is 42.9 Å². The highest BCUT2D eigenvalue weighted by Gasteiger charge is 2.63. The van der Waals surface area contributed by atoms with Crippen LogP contribution in [0.5, 0.6) is 0 Å². The number of hydrogen-bond acceptors (Lipinski definition) is 9. The molecule has 0 saturated carbocycles. The molecule has 5 atom stereocenters. The number of carbonyl (C=O) groups is 4. The van der Waals surface area contributed by atoms with E-state index < -0.39 is 54.0 Å². The van der Waals surface area contributed by atoms with Crippen molar-refractivity contribution >= 4 is 23.8 Å². The predicted octanol–water partition coefficient (Wildman–Crippen LogP) is -0.957. The summed E-state index contributed by atoms with van der Waals surface area (Å²) in [4.78, 5) is 45.8. The predicted molar refractivity (Wildman–Crippen MR) is 78.9 cm³/mol. The third-order valence-corrected chi connectivity index (χ3v) is 3.79. The molecule has 5 unspecified atom stereocenters. The summed E-state index contributed by atoms with van der Waals surface area (Å²) in [5.74, 6) is -2.26. The van der Waals surface area contributed by atoms with Crippen LogP contribution in [0.4, 0.5) is 0 Å². The van der Waals surface area contributed by atoms with E-state index in [-0.39, 0.29) is 13.2 Å². The van der Waals surface area contributed by atoms with Crippen molar-refractivity contribution in [1.82, 2.24) is 5.32 Å². The molecule has 0 aromatic rings. The van der Waals surface area contributed by atoms with Crippen molar-refractivity contribution in [3.63, 3.8) is 0 Å². The van der Waals surface area contributed by atoms with Crippen LogP contribution in [0.2, 0.25) is 0 Å². The fourth-order valence-electron chi connectivity index (χ4n) is 2.94. The highest BCUT2D eigenvalue weighted by molar-refractivity contribution is 5.73. The standard InChI is InChI=1S/C15H21NO9/c1-7(17)16-11-12(23-9(3)19)13(24-10(4)20)15(5-21-8(2)18)6-22-14(11)25-15/h11-14H,5-6H2,1-4H3,(H,16,17). The van der Waals surface area contributed by atoms with Gasteiger partial charge in [0.2, 0.25) is 5.91 Å². The Hall–Kier alpha value is -2.20. The quantitative estimate of drug-likeness (QED) is 0.488. The lowest BCUT2D eigenvalue weighted by molar-refractivity contribution is -0.249. The summed E-state index contributed by atoms with van der Waals surface area (Å²) in [7, 11) is 0. The van der Waals surface area contributed by atoms with Crippen LogP contribution in [0, 0.1) is 0 Å². The highest BCUT2D eigenvalue weighted by Crippen LogP contribution is 2.40. The minimum absolute atomic E-state index is 0.0727. The van der Waals surface area contributed by atoms with Gasteiger partial charge in [-0.1, -0.05) is 0 Å². The van der Waals surface area contributed by atoms with Gasteiger partial charge in [0, 0.05) is 27.7 Å². The molecule has 0 spiro atoms. The van der Waals surface area contributed by atoms with E-state index in [0.29, 0.717) is 0 Å². The maximum absolute atomic E-state index is 11.6. The third kappa shape index (κ3) is 4.26. The van der Waals surface area contributed by atoms with E-state index in [2.05, 4.69) is 5.32 Å². The van der Waals surface area contributed by atoms with Crippen LogP contribution in [-0.2, 0) is 42.9 Å². The average molecular weight is 359 g/mol. The lowest BCUT2D eigenvalue weighted by atomic mass is 9.87. The SMILES string of the molecule is CC(=O)NC1C2OCC(COC(C)=O)(O2)C(OC(C)=O)C1OC(C)=O. The van der Waals surface area contributed by atoms with E-state index in [1.54, 1.807) is 0 Å². The molecule has 2 rings (SSSR count). The molecule has 25 heavy (non-hydrogen) atoms. The van der Waals surface area contributed by atoms with Crippen LogP contribution < -0.4 is 5.32 Å². The Labute approximate surface area is 144 Å². The summed E-state index contributed by atoms with van der Waals surface area (Å²) < 4.78 is 27.0. The number of rotatable bonds is 5. The van der Waals surface area contributed by atoms with Crippen molar-refractivity contribution in [3.8, 4) is 0 Å². The van der Waals surface area contributed by atoms with Gasteiger partial charge >= 0.3 is 17.9 Å². The van der Waals surface area contributed by atoms with Gasteiger partial charge in [-0.25, -0.2) is 0 Å². The van der Waals surface area contributed by atoms with Gasteiger partial charge in [-0.3, -0.25) is 19.2 Å². The molecule has 2 fully saturated rings. The van der Waals surface area contributed by atoms with Crippen molar-refractivity contribution in [2.75, 3.05) is 13.2 Å². The van der Waals surface area contributed by atoms with Gasteiger partial charge < -0.3 is 29.0 Å². The van der Waals surface area contributed by atoms with Gasteiger partial charge in [0.15, 0.2) is 24.1 Å². The highest BCUT2D eigenvalue weighted by atomic mass is 16.8. The second kappa shape index (κ2) is 7.36. The van der Waals surface area contributed by atoms with Crippen LogP contribution in [-0.4, -0.2) is 67.2 Å². The second-order valence-corrected chi connectivity index (χ2v) is 5.97. The number of esters is 3. The Kier molecular flexibility index (Phi) is 5.63. The molecule has 0 radical (unpaired) electrons.